The highest BCUT2D eigenvalue weighted by molar-refractivity contribution is 7.98. The number of nitrogens with two attached hydrogens (primary N) is 1. The van der Waals surface area contributed by atoms with E-state index in [0.29, 0.717) is 17.1 Å². The number of carboxylic acids is 1. The molecule has 2 rings (SSSR count). The van der Waals surface area contributed by atoms with Gasteiger partial charge in [0.15, 0.2) is 0 Å². The Morgan fingerprint density at radius 2 is 2.22 bits per heavy atom. The molecule has 2 heterocycles. The maximum absolute atomic E-state index is 11.0. The number of rotatable bonds is 4. The van der Waals surface area contributed by atoms with Crippen LogP contribution in [0.2, 0.25) is 0 Å². The number of pyridine rings is 1. The molecule has 2 aromatic heterocycles. The minimum Gasteiger partial charge on any atom is -0.478 e. The van der Waals surface area contributed by atoms with E-state index in [1.165, 1.54) is 24.3 Å². The zero-order valence-electron chi connectivity index (χ0n) is 9.28. The van der Waals surface area contributed by atoms with Crippen LogP contribution >= 0.6 is 11.8 Å². The number of hydrogen-bond donors (Lipinski definition) is 2. The Balaban J connectivity index is 2.16. The van der Waals surface area contributed by atoms with Gasteiger partial charge in [-0.3, -0.25) is 4.98 Å². The van der Waals surface area contributed by atoms with E-state index in [1.54, 1.807) is 18.5 Å². The second kappa shape index (κ2) is 5.46. The first-order valence-corrected chi connectivity index (χ1v) is 6.01. The number of aromatic nitrogens is 3. The smallest absolute Gasteiger partial charge is 0.339 e. The zero-order valence-corrected chi connectivity index (χ0v) is 10.1. The summed E-state index contributed by atoms with van der Waals surface area (Å²) in [4.78, 5) is 23.4. The molecule has 7 heteroatoms. The summed E-state index contributed by atoms with van der Waals surface area (Å²) in [6.45, 7) is 0. The highest BCUT2D eigenvalue weighted by Crippen LogP contribution is 2.27. The molecule has 0 spiro atoms. The van der Waals surface area contributed by atoms with Crippen molar-refractivity contribution in [3.8, 4) is 0 Å². The standard InChI is InChI=1S/C11H10N4O2S/c12-8-4-13-2-1-10(8)18-5-9-7(11(16)17)3-14-6-15-9/h1-4,6H,5,12H2,(H,16,17). The average Bonchev–Trinajstić information content (AvgIpc) is 2.38. The number of anilines is 1. The lowest BCUT2D eigenvalue weighted by Crippen LogP contribution is -2.04. The van der Waals surface area contributed by atoms with Gasteiger partial charge in [-0.25, -0.2) is 14.8 Å². The largest absolute Gasteiger partial charge is 0.478 e. The van der Waals surface area contributed by atoms with Crippen LogP contribution in [0.15, 0.2) is 35.9 Å². The first-order chi connectivity index (χ1) is 8.68. The van der Waals surface area contributed by atoms with Gasteiger partial charge in [-0.1, -0.05) is 0 Å². The van der Waals surface area contributed by atoms with Gasteiger partial charge >= 0.3 is 5.97 Å². The second-order valence-corrected chi connectivity index (χ2v) is 4.41. The third-order valence-corrected chi connectivity index (χ3v) is 3.30. The van der Waals surface area contributed by atoms with E-state index in [1.807, 2.05) is 0 Å². The Morgan fingerprint density at radius 1 is 1.39 bits per heavy atom. The minimum absolute atomic E-state index is 0.109. The Labute approximate surface area is 107 Å². The van der Waals surface area contributed by atoms with Gasteiger partial charge in [0, 0.05) is 23.0 Å². The summed E-state index contributed by atoms with van der Waals surface area (Å²) in [5, 5.41) is 8.99. The summed E-state index contributed by atoms with van der Waals surface area (Å²) in [6.07, 6.45) is 5.82. The van der Waals surface area contributed by atoms with Gasteiger partial charge in [0.2, 0.25) is 0 Å². The zero-order chi connectivity index (χ0) is 13.0. The molecular formula is C11H10N4O2S. The maximum atomic E-state index is 11.0. The monoisotopic (exact) mass is 262 g/mol. The molecule has 3 N–H and O–H groups in total. The Morgan fingerprint density at radius 3 is 2.94 bits per heavy atom. The molecule has 6 nitrogen and oxygen atoms in total. The van der Waals surface area contributed by atoms with Crippen molar-refractivity contribution in [3.05, 3.63) is 42.2 Å². The van der Waals surface area contributed by atoms with E-state index in [4.69, 9.17) is 10.8 Å². The Kier molecular flexibility index (Phi) is 3.73. The molecule has 18 heavy (non-hydrogen) atoms. The fourth-order valence-corrected chi connectivity index (χ4v) is 2.22. The third kappa shape index (κ3) is 2.75. The Bertz CT molecular complexity index is 576. The molecule has 0 aliphatic rings. The molecular weight excluding hydrogens is 252 g/mol. The average molecular weight is 262 g/mol. The lowest BCUT2D eigenvalue weighted by molar-refractivity contribution is 0.0695. The van der Waals surface area contributed by atoms with Crippen molar-refractivity contribution >= 4 is 23.4 Å². The van der Waals surface area contributed by atoms with Crippen LogP contribution in [-0.4, -0.2) is 26.0 Å². The minimum atomic E-state index is -1.03. The van der Waals surface area contributed by atoms with Crippen molar-refractivity contribution in [2.75, 3.05) is 5.73 Å². The van der Waals surface area contributed by atoms with Crippen molar-refractivity contribution in [2.45, 2.75) is 10.6 Å². The van der Waals surface area contributed by atoms with E-state index < -0.39 is 5.97 Å². The van der Waals surface area contributed by atoms with Crippen molar-refractivity contribution in [1.82, 2.24) is 15.0 Å². The lowest BCUT2D eigenvalue weighted by Gasteiger charge is -2.05. The molecule has 0 fully saturated rings. The molecule has 0 saturated carbocycles. The Hall–Kier alpha value is -2.15. The van der Waals surface area contributed by atoms with Crippen LogP contribution in [0.5, 0.6) is 0 Å². The number of hydrogen-bond acceptors (Lipinski definition) is 6. The molecule has 0 aromatic carbocycles. The van der Waals surface area contributed by atoms with Crippen LogP contribution in [0.1, 0.15) is 16.1 Å². The van der Waals surface area contributed by atoms with Crippen molar-refractivity contribution < 1.29 is 9.90 Å². The SMILES string of the molecule is Nc1cnccc1SCc1ncncc1C(=O)O. The van der Waals surface area contributed by atoms with Gasteiger partial charge in [0.25, 0.3) is 0 Å². The summed E-state index contributed by atoms with van der Waals surface area (Å²) in [5.74, 6) is -0.618. The van der Waals surface area contributed by atoms with Gasteiger partial charge < -0.3 is 10.8 Å². The fraction of sp³-hybridized carbons (Fsp3) is 0.0909. The van der Waals surface area contributed by atoms with Gasteiger partial charge in [0.1, 0.15) is 11.9 Å². The first kappa shape index (κ1) is 12.3. The molecule has 0 amide bonds. The molecule has 0 saturated heterocycles. The number of thioether (sulfide) groups is 1. The topological polar surface area (TPSA) is 102 Å². The molecule has 0 aliphatic carbocycles. The van der Waals surface area contributed by atoms with Crippen molar-refractivity contribution in [1.29, 1.82) is 0 Å². The van der Waals surface area contributed by atoms with E-state index in [0.717, 1.165) is 4.90 Å². The number of nitrogens with zero attached hydrogens (tertiary/aromatic N) is 3. The summed E-state index contributed by atoms with van der Waals surface area (Å²) in [6, 6.07) is 1.78. The number of carboxylic acid groups (broad SMARTS) is 1. The molecule has 92 valence electrons. The molecule has 0 aliphatic heterocycles. The van der Waals surface area contributed by atoms with Gasteiger partial charge in [-0.2, -0.15) is 0 Å². The van der Waals surface area contributed by atoms with Gasteiger partial charge in [-0.05, 0) is 6.07 Å². The van der Waals surface area contributed by atoms with Gasteiger partial charge in [-0.15, -0.1) is 11.8 Å². The third-order valence-electron chi connectivity index (χ3n) is 2.20. The molecule has 0 atom stereocenters. The second-order valence-electron chi connectivity index (χ2n) is 3.39. The summed E-state index contributed by atoms with van der Waals surface area (Å²) < 4.78 is 0. The molecule has 0 bridgehead atoms. The van der Waals surface area contributed by atoms with E-state index in [2.05, 4.69) is 15.0 Å². The highest BCUT2D eigenvalue weighted by atomic mass is 32.2. The number of aromatic carboxylic acids is 1. The quantitative estimate of drug-likeness (QED) is 0.804. The summed E-state index contributed by atoms with van der Waals surface area (Å²) in [7, 11) is 0. The summed E-state index contributed by atoms with van der Waals surface area (Å²) >= 11 is 1.41. The number of carbonyl (C=O) groups is 1. The van der Waals surface area contributed by atoms with Crippen LogP contribution in [0.4, 0.5) is 5.69 Å². The predicted octanol–water partition coefficient (Wildman–Crippen LogP) is 1.44. The van der Waals surface area contributed by atoms with E-state index in [-0.39, 0.29) is 5.56 Å². The van der Waals surface area contributed by atoms with Crippen LogP contribution in [-0.2, 0) is 5.75 Å². The van der Waals surface area contributed by atoms with Crippen LogP contribution in [0.25, 0.3) is 0 Å². The van der Waals surface area contributed by atoms with Crippen LogP contribution in [0.3, 0.4) is 0 Å². The molecule has 0 unspecified atom stereocenters. The normalized spacial score (nSPS) is 10.2. The predicted molar refractivity (Wildman–Crippen MR) is 67.2 cm³/mol. The fourth-order valence-electron chi connectivity index (χ4n) is 1.32. The van der Waals surface area contributed by atoms with Gasteiger partial charge in [0.05, 0.1) is 17.6 Å². The molecule has 2 aromatic rings. The molecule has 0 radical (unpaired) electrons. The van der Waals surface area contributed by atoms with Crippen LogP contribution < -0.4 is 5.73 Å². The van der Waals surface area contributed by atoms with Crippen LogP contribution in [0, 0.1) is 0 Å². The summed E-state index contributed by atoms with van der Waals surface area (Å²) in [5.41, 5.74) is 6.89. The van der Waals surface area contributed by atoms with Crippen molar-refractivity contribution in [2.24, 2.45) is 0 Å². The van der Waals surface area contributed by atoms with E-state index >= 15 is 0 Å². The number of nitrogen functional groups attached to an aromatic ring is 1. The van der Waals surface area contributed by atoms with Crippen molar-refractivity contribution in [3.63, 3.8) is 0 Å². The highest BCUT2D eigenvalue weighted by Gasteiger charge is 2.12. The lowest BCUT2D eigenvalue weighted by atomic mass is 10.2. The van der Waals surface area contributed by atoms with E-state index in [9.17, 15) is 4.79 Å². The maximum Gasteiger partial charge on any atom is 0.339 e. The first-order valence-electron chi connectivity index (χ1n) is 5.03.